The number of rotatable bonds is 5. The van der Waals surface area contributed by atoms with E-state index in [9.17, 15) is 10.1 Å². The molecule has 1 aromatic heterocycles. The van der Waals surface area contributed by atoms with E-state index >= 15 is 0 Å². The topological polar surface area (TPSA) is 68.1 Å². The van der Waals surface area contributed by atoms with Gasteiger partial charge in [0.1, 0.15) is 0 Å². The Morgan fingerprint density at radius 2 is 2.39 bits per heavy atom. The minimum absolute atomic E-state index is 0.121. The van der Waals surface area contributed by atoms with Crippen molar-refractivity contribution in [3.63, 3.8) is 0 Å². The third-order valence-electron chi connectivity index (χ3n) is 2.63. The van der Waals surface area contributed by atoms with Crippen LogP contribution in [0.4, 0.5) is 5.69 Å². The van der Waals surface area contributed by atoms with Crippen molar-refractivity contribution in [2.24, 2.45) is 0 Å². The van der Waals surface area contributed by atoms with Crippen molar-refractivity contribution in [2.75, 3.05) is 0 Å². The Kier molecular flexibility index (Phi) is 4.01. The molecule has 2 aromatic rings. The zero-order valence-electron chi connectivity index (χ0n) is 9.87. The molecule has 0 aliphatic heterocycles. The van der Waals surface area contributed by atoms with E-state index in [2.05, 4.69) is 10.3 Å². The van der Waals surface area contributed by atoms with E-state index in [-0.39, 0.29) is 16.7 Å². The number of benzene rings is 1. The Morgan fingerprint density at radius 1 is 1.56 bits per heavy atom. The molecule has 0 aliphatic rings. The van der Waals surface area contributed by atoms with Gasteiger partial charge in [-0.1, -0.05) is 12.1 Å². The van der Waals surface area contributed by atoms with Crippen LogP contribution in [-0.2, 0) is 6.54 Å². The summed E-state index contributed by atoms with van der Waals surface area (Å²) in [5, 5.41) is 15.9. The summed E-state index contributed by atoms with van der Waals surface area (Å²) in [5.41, 5.74) is 3.80. The molecule has 0 saturated heterocycles. The van der Waals surface area contributed by atoms with E-state index in [1.54, 1.807) is 29.0 Å². The van der Waals surface area contributed by atoms with E-state index in [0.29, 0.717) is 6.54 Å². The number of nitro groups is 1. The Bertz CT molecular complexity index is 528. The van der Waals surface area contributed by atoms with E-state index in [1.807, 2.05) is 18.4 Å². The Morgan fingerprint density at radius 3 is 3.06 bits per heavy atom. The highest BCUT2D eigenvalue weighted by molar-refractivity contribution is 7.07. The van der Waals surface area contributed by atoms with Crippen LogP contribution in [-0.4, -0.2) is 9.91 Å². The number of nitrogens with zero attached hydrogens (tertiary/aromatic N) is 2. The first-order valence-corrected chi connectivity index (χ1v) is 6.46. The molecule has 0 saturated carbocycles. The fraction of sp³-hybridized carbons (Fsp3) is 0.250. The zero-order chi connectivity index (χ0) is 13.0. The number of thiazole rings is 1. The molecule has 0 amide bonds. The molecule has 1 unspecified atom stereocenters. The summed E-state index contributed by atoms with van der Waals surface area (Å²) in [4.78, 5) is 14.5. The maximum atomic E-state index is 10.7. The fourth-order valence-electron chi connectivity index (χ4n) is 1.59. The first-order valence-electron chi connectivity index (χ1n) is 5.51. The lowest BCUT2D eigenvalue weighted by atomic mass is 10.2. The molecule has 94 valence electrons. The molecule has 0 radical (unpaired) electrons. The van der Waals surface area contributed by atoms with Crippen molar-refractivity contribution in [3.8, 4) is 0 Å². The summed E-state index contributed by atoms with van der Waals surface area (Å²) in [6.07, 6.45) is 0. The second-order valence-electron chi connectivity index (χ2n) is 3.94. The molecule has 0 bridgehead atoms. The lowest BCUT2D eigenvalue weighted by Crippen LogP contribution is -2.18. The normalized spacial score (nSPS) is 12.3. The highest BCUT2D eigenvalue weighted by Gasteiger charge is 2.08. The van der Waals surface area contributed by atoms with E-state index in [0.717, 1.165) is 11.3 Å². The summed E-state index contributed by atoms with van der Waals surface area (Å²) in [6.45, 7) is 2.60. The minimum atomic E-state index is -0.382. The average Bonchev–Trinajstić information content (AvgIpc) is 2.90. The van der Waals surface area contributed by atoms with Crippen molar-refractivity contribution in [2.45, 2.75) is 19.5 Å². The molecule has 2 rings (SSSR count). The molecule has 1 heterocycles. The van der Waals surface area contributed by atoms with Crippen molar-refractivity contribution < 1.29 is 4.92 Å². The number of non-ortho nitro benzene ring substituents is 1. The lowest BCUT2D eigenvalue weighted by molar-refractivity contribution is -0.384. The second kappa shape index (κ2) is 5.70. The Hall–Kier alpha value is -1.79. The summed E-state index contributed by atoms with van der Waals surface area (Å²) >= 11 is 1.56. The molecular formula is C12H13N3O2S. The van der Waals surface area contributed by atoms with Gasteiger partial charge in [-0.05, 0) is 12.5 Å². The first kappa shape index (κ1) is 12.7. The van der Waals surface area contributed by atoms with Gasteiger partial charge in [-0.2, -0.15) is 0 Å². The monoisotopic (exact) mass is 263 g/mol. The van der Waals surface area contributed by atoms with Crippen LogP contribution < -0.4 is 5.32 Å². The van der Waals surface area contributed by atoms with Crippen LogP contribution in [0.3, 0.4) is 0 Å². The van der Waals surface area contributed by atoms with Gasteiger partial charge in [-0.3, -0.25) is 10.1 Å². The number of nitrogens with one attached hydrogen (secondary N) is 1. The van der Waals surface area contributed by atoms with Gasteiger partial charge < -0.3 is 5.32 Å². The largest absolute Gasteiger partial charge is 0.305 e. The summed E-state index contributed by atoms with van der Waals surface area (Å²) in [5.74, 6) is 0. The summed E-state index contributed by atoms with van der Waals surface area (Å²) in [7, 11) is 0. The van der Waals surface area contributed by atoms with Crippen LogP contribution in [0, 0.1) is 10.1 Å². The number of hydrogen-bond donors (Lipinski definition) is 1. The van der Waals surface area contributed by atoms with Crippen LogP contribution >= 0.6 is 11.3 Å². The van der Waals surface area contributed by atoms with E-state index in [4.69, 9.17) is 0 Å². The van der Waals surface area contributed by atoms with Gasteiger partial charge in [0.2, 0.25) is 0 Å². The van der Waals surface area contributed by atoms with Crippen LogP contribution in [0.2, 0.25) is 0 Å². The number of aromatic nitrogens is 1. The molecule has 1 aromatic carbocycles. The highest BCUT2D eigenvalue weighted by atomic mass is 32.1. The lowest BCUT2D eigenvalue weighted by Gasteiger charge is -2.11. The predicted molar refractivity (Wildman–Crippen MR) is 70.5 cm³/mol. The third kappa shape index (κ3) is 3.12. The quantitative estimate of drug-likeness (QED) is 0.665. The predicted octanol–water partition coefficient (Wildman–Crippen LogP) is 2.90. The summed E-state index contributed by atoms with van der Waals surface area (Å²) in [6, 6.07) is 6.78. The molecule has 6 heteroatoms. The number of nitro benzene ring substituents is 1. The summed E-state index contributed by atoms with van der Waals surface area (Å²) < 4.78 is 0. The van der Waals surface area contributed by atoms with E-state index in [1.165, 1.54) is 6.07 Å². The van der Waals surface area contributed by atoms with E-state index < -0.39 is 0 Å². The van der Waals surface area contributed by atoms with Crippen LogP contribution in [0.5, 0.6) is 0 Å². The molecule has 1 atom stereocenters. The van der Waals surface area contributed by atoms with Gasteiger partial charge in [0.25, 0.3) is 5.69 Å². The zero-order valence-corrected chi connectivity index (χ0v) is 10.7. The highest BCUT2D eigenvalue weighted by Crippen LogP contribution is 2.15. The van der Waals surface area contributed by atoms with Crippen molar-refractivity contribution in [1.82, 2.24) is 10.3 Å². The van der Waals surface area contributed by atoms with Gasteiger partial charge in [0.05, 0.1) is 16.1 Å². The van der Waals surface area contributed by atoms with Crippen molar-refractivity contribution in [1.29, 1.82) is 0 Å². The Balaban J connectivity index is 1.98. The maximum Gasteiger partial charge on any atom is 0.269 e. The Labute approximate surface area is 109 Å². The van der Waals surface area contributed by atoms with Gasteiger partial charge in [-0.15, -0.1) is 11.3 Å². The molecule has 0 aliphatic carbocycles. The fourth-order valence-corrected chi connectivity index (χ4v) is 2.24. The minimum Gasteiger partial charge on any atom is -0.305 e. The SMILES string of the molecule is CC(NCc1cccc([N+](=O)[O-])c1)c1cscn1. The van der Waals surface area contributed by atoms with Crippen LogP contribution in [0.1, 0.15) is 24.2 Å². The third-order valence-corrected chi connectivity index (χ3v) is 3.23. The number of hydrogen-bond acceptors (Lipinski definition) is 5. The van der Waals surface area contributed by atoms with Gasteiger partial charge >= 0.3 is 0 Å². The smallest absolute Gasteiger partial charge is 0.269 e. The molecule has 18 heavy (non-hydrogen) atoms. The molecule has 0 fully saturated rings. The molecule has 1 N–H and O–H groups in total. The average molecular weight is 263 g/mol. The van der Waals surface area contributed by atoms with Crippen LogP contribution in [0.15, 0.2) is 35.2 Å². The van der Waals surface area contributed by atoms with Crippen molar-refractivity contribution >= 4 is 17.0 Å². The maximum absolute atomic E-state index is 10.7. The van der Waals surface area contributed by atoms with Gasteiger partial charge in [0, 0.05) is 30.1 Å². The first-order chi connectivity index (χ1) is 8.66. The standard InChI is InChI=1S/C12H13N3O2S/c1-9(12-7-18-8-14-12)13-6-10-3-2-4-11(5-10)15(16)17/h2-5,7-9,13H,6H2,1H3. The second-order valence-corrected chi connectivity index (χ2v) is 4.66. The van der Waals surface area contributed by atoms with Gasteiger partial charge in [0.15, 0.2) is 0 Å². The van der Waals surface area contributed by atoms with Gasteiger partial charge in [-0.25, -0.2) is 4.98 Å². The molecular weight excluding hydrogens is 250 g/mol. The molecule has 5 nitrogen and oxygen atoms in total. The van der Waals surface area contributed by atoms with Crippen molar-refractivity contribution in [3.05, 3.63) is 56.5 Å². The van der Waals surface area contributed by atoms with Crippen LogP contribution in [0.25, 0.3) is 0 Å². The molecule has 0 spiro atoms.